The molecule has 1 aliphatic carbocycles. The second-order valence-corrected chi connectivity index (χ2v) is 5.81. The van der Waals surface area contributed by atoms with Crippen molar-refractivity contribution in [3.63, 3.8) is 0 Å². The smallest absolute Gasteiger partial charge is 0.0674 e. The number of ether oxygens (including phenoxy) is 1. The minimum Gasteiger partial charge on any atom is -0.376 e. The first-order chi connectivity index (χ1) is 7.83. The zero-order chi connectivity index (χ0) is 11.0. The van der Waals surface area contributed by atoms with Crippen LogP contribution in [-0.2, 0) is 4.74 Å². The maximum Gasteiger partial charge on any atom is 0.0674 e. The molecule has 0 aromatic rings. The standard InChI is InChI=1S/C13H24N2O/c1-10-8-15(5-6-16-10)9-13-12-4-2-3-11(12)7-14-13/h10-14H,2-9H2,1H3. The molecule has 1 saturated carbocycles. The maximum absolute atomic E-state index is 5.60. The average molecular weight is 224 g/mol. The Morgan fingerprint density at radius 2 is 2.31 bits per heavy atom. The first kappa shape index (κ1) is 11.0. The lowest BCUT2D eigenvalue weighted by atomic mass is 9.93. The molecule has 2 aliphatic heterocycles. The van der Waals surface area contributed by atoms with Crippen LogP contribution in [0.15, 0.2) is 0 Å². The summed E-state index contributed by atoms with van der Waals surface area (Å²) in [5.74, 6) is 1.96. The third kappa shape index (κ3) is 2.13. The molecule has 2 heterocycles. The molecule has 0 aromatic carbocycles. The Kier molecular flexibility index (Phi) is 3.18. The molecule has 3 heteroatoms. The SMILES string of the molecule is CC1CN(CC2NCC3CCCC32)CCO1. The molecule has 92 valence electrons. The molecule has 3 rings (SSSR count). The number of hydrogen-bond acceptors (Lipinski definition) is 3. The summed E-state index contributed by atoms with van der Waals surface area (Å²) in [6, 6.07) is 0.762. The maximum atomic E-state index is 5.60. The van der Waals surface area contributed by atoms with Gasteiger partial charge in [0.2, 0.25) is 0 Å². The summed E-state index contributed by atoms with van der Waals surface area (Å²) in [5.41, 5.74) is 0. The average Bonchev–Trinajstić information content (AvgIpc) is 2.83. The number of nitrogens with one attached hydrogen (secondary N) is 1. The van der Waals surface area contributed by atoms with Gasteiger partial charge in [0.05, 0.1) is 12.7 Å². The second kappa shape index (κ2) is 4.63. The highest BCUT2D eigenvalue weighted by Gasteiger charge is 2.39. The van der Waals surface area contributed by atoms with E-state index in [-0.39, 0.29) is 0 Å². The highest BCUT2D eigenvalue weighted by Crippen LogP contribution is 2.37. The molecular formula is C13H24N2O. The van der Waals surface area contributed by atoms with E-state index >= 15 is 0 Å². The molecule has 3 nitrogen and oxygen atoms in total. The molecule has 0 aromatic heterocycles. The van der Waals surface area contributed by atoms with Crippen LogP contribution in [-0.4, -0.2) is 49.8 Å². The van der Waals surface area contributed by atoms with Crippen LogP contribution in [0, 0.1) is 11.8 Å². The van der Waals surface area contributed by atoms with Gasteiger partial charge in [0.25, 0.3) is 0 Å². The van der Waals surface area contributed by atoms with Crippen molar-refractivity contribution in [3.05, 3.63) is 0 Å². The van der Waals surface area contributed by atoms with Gasteiger partial charge in [-0.25, -0.2) is 0 Å². The number of morpholine rings is 1. The van der Waals surface area contributed by atoms with Crippen LogP contribution in [0.1, 0.15) is 26.2 Å². The molecule has 3 fully saturated rings. The first-order valence-corrected chi connectivity index (χ1v) is 6.90. The molecule has 2 saturated heterocycles. The van der Waals surface area contributed by atoms with E-state index in [2.05, 4.69) is 17.1 Å². The minimum atomic E-state index is 0.425. The van der Waals surface area contributed by atoms with Crippen LogP contribution in [0.3, 0.4) is 0 Å². The van der Waals surface area contributed by atoms with Crippen molar-refractivity contribution in [2.45, 2.75) is 38.3 Å². The van der Waals surface area contributed by atoms with Gasteiger partial charge in [-0.1, -0.05) is 6.42 Å². The Hall–Kier alpha value is -0.120. The van der Waals surface area contributed by atoms with Crippen molar-refractivity contribution in [1.29, 1.82) is 0 Å². The van der Waals surface area contributed by atoms with E-state index in [1.54, 1.807) is 0 Å². The van der Waals surface area contributed by atoms with Gasteiger partial charge in [-0.15, -0.1) is 0 Å². The third-order valence-electron chi connectivity index (χ3n) is 4.66. The van der Waals surface area contributed by atoms with Gasteiger partial charge >= 0.3 is 0 Å². The van der Waals surface area contributed by atoms with Crippen molar-refractivity contribution < 1.29 is 4.74 Å². The molecule has 0 radical (unpaired) electrons. The van der Waals surface area contributed by atoms with Crippen LogP contribution in [0.4, 0.5) is 0 Å². The van der Waals surface area contributed by atoms with Gasteiger partial charge in [-0.3, -0.25) is 4.90 Å². The number of hydrogen-bond donors (Lipinski definition) is 1. The van der Waals surface area contributed by atoms with E-state index in [9.17, 15) is 0 Å². The van der Waals surface area contributed by atoms with Crippen LogP contribution in [0.25, 0.3) is 0 Å². The third-order valence-corrected chi connectivity index (χ3v) is 4.66. The van der Waals surface area contributed by atoms with Gasteiger partial charge < -0.3 is 10.1 Å². The lowest BCUT2D eigenvalue weighted by molar-refractivity contribution is -0.0218. The van der Waals surface area contributed by atoms with Crippen molar-refractivity contribution in [3.8, 4) is 0 Å². The second-order valence-electron chi connectivity index (χ2n) is 5.81. The summed E-state index contributed by atoms with van der Waals surface area (Å²) in [4.78, 5) is 2.59. The van der Waals surface area contributed by atoms with Crippen LogP contribution in [0.2, 0.25) is 0 Å². The van der Waals surface area contributed by atoms with Gasteiger partial charge in [0, 0.05) is 25.7 Å². The predicted octanol–water partition coefficient (Wildman–Crippen LogP) is 1.10. The largest absolute Gasteiger partial charge is 0.376 e. The van der Waals surface area contributed by atoms with E-state index < -0.39 is 0 Å². The van der Waals surface area contributed by atoms with Crippen LogP contribution < -0.4 is 5.32 Å². The summed E-state index contributed by atoms with van der Waals surface area (Å²) in [7, 11) is 0. The van der Waals surface area contributed by atoms with E-state index in [0.717, 1.165) is 37.6 Å². The van der Waals surface area contributed by atoms with Crippen molar-refractivity contribution in [1.82, 2.24) is 10.2 Å². The van der Waals surface area contributed by atoms with Crippen molar-refractivity contribution in [2.24, 2.45) is 11.8 Å². The highest BCUT2D eigenvalue weighted by molar-refractivity contribution is 4.95. The van der Waals surface area contributed by atoms with Gasteiger partial charge in [-0.2, -0.15) is 0 Å². The van der Waals surface area contributed by atoms with E-state index in [1.165, 1.54) is 32.4 Å². The zero-order valence-electron chi connectivity index (χ0n) is 10.3. The molecule has 0 bridgehead atoms. The lowest BCUT2D eigenvalue weighted by Crippen LogP contribution is -2.47. The van der Waals surface area contributed by atoms with E-state index in [0.29, 0.717) is 6.10 Å². The Bertz CT molecular complexity index is 246. The first-order valence-electron chi connectivity index (χ1n) is 6.90. The molecule has 0 spiro atoms. The van der Waals surface area contributed by atoms with Crippen LogP contribution in [0.5, 0.6) is 0 Å². The summed E-state index contributed by atoms with van der Waals surface area (Å²) in [6.07, 6.45) is 4.82. The lowest BCUT2D eigenvalue weighted by Gasteiger charge is -2.34. The summed E-state index contributed by atoms with van der Waals surface area (Å²) < 4.78 is 5.60. The highest BCUT2D eigenvalue weighted by atomic mass is 16.5. The monoisotopic (exact) mass is 224 g/mol. The Balaban J connectivity index is 1.54. The molecule has 3 aliphatic rings. The fourth-order valence-electron chi connectivity index (χ4n) is 3.84. The zero-order valence-corrected chi connectivity index (χ0v) is 10.3. The van der Waals surface area contributed by atoms with Crippen LogP contribution >= 0.6 is 0 Å². The Morgan fingerprint density at radius 3 is 3.19 bits per heavy atom. The van der Waals surface area contributed by atoms with Gasteiger partial charge in [0.1, 0.15) is 0 Å². The van der Waals surface area contributed by atoms with Gasteiger partial charge in [-0.05, 0) is 38.1 Å². The molecular weight excluding hydrogens is 200 g/mol. The minimum absolute atomic E-state index is 0.425. The summed E-state index contributed by atoms with van der Waals surface area (Å²) in [6.45, 7) is 7.87. The predicted molar refractivity (Wildman–Crippen MR) is 64.5 cm³/mol. The quantitative estimate of drug-likeness (QED) is 0.760. The normalized spacial score (nSPS) is 44.8. The summed E-state index contributed by atoms with van der Waals surface area (Å²) in [5, 5.41) is 3.74. The Morgan fingerprint density at radius 1 is 1.38 bits per heavy atom. The number of rotatable bonds is 2. The topological polar surface area (TPSA) is 24.5 Å². The van der Waals surface area contributed by atoms with E-state index in [4.69, 9.17) is 4.74 Å². The Labute approximate surface area is 98.5 Å². The summed E-state index contributed by atoms with van der Waals surface area (Å²) >= 11 is 0. The number of nitrogens with zero attached hydrogens (tertiary/aromatic N) is 1. The van der Waals surface area contributed by atoms with Crippen molar-refractivity contribution in [2.75, 3.05) is 32.8 Å². The molecule has 0 amide bonds. The fourth-order valence-corrected chi connectivity index (χ4v) is 3.84. The molecule has 16 heavy (non-hydrogen) atoms. The van der Waals surface area contributed by atoms with Crippen molar-refractivity contribution >= 4 is 0 Å². The molecule has 1 N–H and O–H groups in total. The molecule has 4 atom stereocenters. The van der Waals surface area contributed by atoms with E-state index in [1.807, 2.05) is 0 Å². The molecule has 4 unspecified atom stereocenters. The number of fused-ring (bicyclic) bond motifs is 1. The fraction of sp³-hybridized carbons (Fsp3) is 1.00. The van der Waals surface area contributed by atoms with Gasteiger partial charge in [0.15, 0.2) is 0 Å².